The molecule has 0 spiro atoms. The molecule has 0 saturated heterocycles. The number of oxazole rings is 1. The molecule has 3 aromatic heterocycles. The highest BCUT2D eigenvalue weighted by atomic mass is 19.4. The lowest BCUT2D eigenvalue weighted by molar-refractivity contribution is -0.137. The second-order valence-electron chi connectivity index (χ2n) is 8.40. The molecule has 0 bridgehead atoms. The number of nitrogens with zero attached hydrogens (tertiary/aromatic N) is 3. The molecule has 37 heavy (non-hydrogen) atoms. The molecule has 5 aromatic rings. The molecule has 0 radical (unpaired) electrons. The Morgan fingerprint density at radius 2 is 1.89 bits per heavy atom. The van der Waals surface area contributed by atoms with Crippen LogP contribution in [0.2, 0.25) is 0 Å². The molecule has 0 amide bonds. The number of anilines is 2. The van der Waals surface area contributed by atoms with E-state index >= 15 is 0 Å². The Morgan fingerprint density at radius 1 is 1.08 bits per heavy atom. The van der Waals surface area contributed by atoms with Crippen LogP contribution in [0, 0.1) is 6.92 Å². The third-order valence-corrected chi connectivity index (χ3v) is 5.96. The van der Waals surface area contributed by atoms with Crippen LogP contribution in [0.4, 0.5) is 24.5 Å². The van der Waals surface area contributed by atoms with Gasteiger partial charge < -0.3 is 19.6 Å². The monoisotopic (exact) mass is 508 g/mol. The standard InChI is InChI=1S/C27H23F3N4O3/c1-16-31-13-24(37-16)19-10-9-18(12-17(19)14-35)32-22-8-5-11-34-23(15-36-2)25(33-26(22)34)20-6-3-4-7-21(20)27(28,29)30/h3-13,32,35H,14-15H2,1-2H3. The van der Waals surface area contributed by atoms with Crippen LogP contribution in [-0.4, -0.2) is 26.6 Å². The Morgan fingerprint density at radius 3 is 2.59 bits per heavy atom. The second-order valence-corrected chi connectivity index (χ2v) is 8.40. The smallest absolute Gasteiger partial charge is 0.417 e. The van der Waals surface area contributed by atoms with Crippen LogP contribution in [-0.2, 0) is 24.1 Å². The van der Waals surface area contributed by atoms with Crippen molar-refractivity contribution in [2.75, 3.05) is 12.4 Å². The molecule has 2 aromatic carbocycles. The zero-order valence-corrected chi connectivity index (χ0v) is 20.0. The van der Waals surface area contributed by atoms with Gasteiger partial charge in [0.1, 0.15) is 0 Å². The average molecular weight is 509 g/mol. The van der Waals surface area contributed by atoms with Gasteiger partial charge in [-0.05, 0) is 42.0 Å². The lowest BCUT2D eigenvalue weighted by atomic mass is 10.0. The SMILES string of the molecule is COCc1c(-c2ccccc2C(F)(F)F)nc2c(Nc3ccc(-c4cnc(C)o4)c(CO)c3)cccn12. The molecule has 0 aliphatic carbocycles. The summed E-state index contributed by atoms with van der Waals surface area (Å²) in [5.41, 5.74) is 2.89. The maximum Gasteiger partial charge on any atom is 0.417 e. The van der Waals surface area contributed by atoms with Crippen molar-refractivity contribution in [2.24, 2.45) is 0 Å². The van der Waals surface area contributed by atoms with E-state index in [4.69, 9.17) is 9.15 Å². The number of methoxy groups -OCH3 is 1. The highest BCUT2D eigenvalue weighted by Gasteiger charge is 2.35. The van der Waals surface area contributed by atoms with E-state index in [9.17, 15) is 18.3 Å². The number of nitrogens with one attached hydrogen (secondary N) is 1. The quantitative estimate of drug-likeness (QED) is 0.266. The van der Waals surface area contributed by atoms with Gasteiger partial charge in [0, 0.05) is 37.0 Å². The maximum absolute atomic E-state index is 13.8. The molecule has 190 valence electrons. The number of hydrogen-bond donors (Lipinski definition) is 2. The number of aryl methyl sites for hydroxylation is 1. The van der Waals surface area contributed by atoms with E-state index in [2.05, 4.69) is 15.3 Å². The summed E-state index contributed by atoms with van der Waals surface area (Å²) in [5, 5.41) is 13.2. The van der Waals surface area contributed by atoms with E-state index < -0.39 is 11.7 Å². The number of benzene rings is 2. The Balaban J connectivity index is 1.60. The summed E-state index contributed by atoms with van der Waals surface area (Å²) >= 11 is 0. The van der Waals surface area contributed by atoms with Crippen molar-refractivity contribution in [1.82, 2.24) is 14.4 Å². The largest absolute Gasteiger partial charge is 0.441 e. The first-order valence-electron chi connectivity index (χ1n) is 11.4. The van der Waals surface area contributed by atoms with Gasteiger partial charge in [0.25, 0.3) is 0 Å². The molecular formula is C27H23F3N4O3. The fourth-order valence-corrected chi connectivity index (χ4v) is 4.33. The molecule has 0 saturated carbocycles. The minimum Gasteiger partial charge on any atom is -0.441 e. The van der Waals surface area contributed by atoms with Gasteiger partial charge >= 0.3 is 6.18 Å². The fraction of sp³-hybridized carbons (Fsp3) is 0.185. The predicted molar refractivity (Wildman–Crippen MR) is 132 cm³/mol. The number of hydrogen-bond acceptors (Lipinski definition) is 6. The summed E-state index contributed by atoms with van der Waals surface area (Å²) in [6.07, 6.45) is -1.21. The molecule has 0 aliphatic heterocycles. The fourth-order valence-electron chi connectivity index (χ4n) is 4.33. The molecular weight excluding hydrogens is 485 g/mol. The highest BCUT2D eigenvalue weighted by Crippen LogP contribution is 2.39. The van der Waals surface area contributed by atoms with Gasteiger partial charge in [-0.3, -0.25) is 4.40 Å². The van der Waals surface area contributed by atoms with E-state index in [0.29, 0.717) is 45.5 Å². The maximum atomic E-state index is 13.8. The highest BCUT2D eigenvalue weighted by molar-refractivity contribution is 5.80. The predicted octanol–water partition coefficient (Wildman–Crippen LogP) is 6.37. The number of halogens is 3. The summed E-state index contributed by atoms with van der Waals surface area (Å²) in [4.78, 5) is 8.74. The first-order chi connectivity index (χ1) is 17.8. The van der Waals surface area contributed by atoms with Crippen molar-refractivity contribution in [2.45, 2.75) is 26.3 Å². The van der Waals surface area contributed by atoms with E-state index in [0.717, 1.165) is 6.07 Å². The van der Waals surface area contributed by atoms with E-state index in [1.165, 1.54) is 19.2 Å². The first kappa shape index (κ1) is 24.5. The summed E-state index contributed by atoms with van der Waals surface area (Å²) < 4.78 is 54.0. The van der Waals surface area contributed by atoms with Gasteiger partial charge in [-0.2, -0.15) is 13.2 Å². The van der Waals surface area contributed by atoms with Crippen LogP contribution in [0.1, 0.15) is 22.7 Å². The van der Waals surface area contributed by atoms with Crippen LogP contribution in [0.25, 0.3) is 28.2 Å². The molecule has 7 nitrogen and oxygen atoms in total. The normalized spacial score (nSPS) is 11.8. The van der Waals surface area contributed by atoms with Crippen molar-refractivity contribution in [3.05, 3.63) is 89.7 Å². The minimum atomic E-state index is -4.54. The topological polar surface area (TPSA) is 84.8 Å². The van der Waals surface area contributed by atoms with Crippen LogP contribution in [0.5, 0.6) is 0 Å². The molecule has 3 heterocycles. The van der Waals surface area contributed by atoms with Crippen LogP contribution in [0.15, 0.2) is 71.4 Å². The first-order valence-corrected chi connectivity index (χ1v) is 11.4. The number of aromatic nitrogens is 3. The summed E-state index contributed by atoms with van der Waals surface area (Å²) in [6, 6.07) is 14.3. The number of alkyl halides is 3. The molecule has 0 fully saturated rings. The molecule has 0 unspecified atom stereocenters. The van der Waals surface area contributed by atoms with Crippen LogP contribution < -0.4 is 5.32 Å². The second kappa shape index (κ2) is 9.72. The number of fused-ring (bicyclic) bond motifs is 1. The number of aliphatic hydroxyl groups excluding tert-OH is 1. The van der Waals surface area contributed by atoms with E-state index in [-0.39, 0.29) is 24.5 Å². The van der Waals surface area contributed by atoms with Crippen molar-refractivity contribution < 1.29 is 27.4 Å². The number of imidazole rings is 1. The lowest BCUT2D eigenvalue weighted by Crippen LogP contribution is -2.08. The van der Waals surface area contributed by atoms with Gasteiger partial charge in [-0.1, -0.05) is 18.2 Å². The van der Waals surface area contributed by atoms with Gasteiger partial charge in [-0.25, -0.2) is 9.97 Å². The molecule has 2 N–H and O–H groups in total. The van der Waals surface area contributed by atoms with Crippen LogP contribution in [0.3, 0.4) is 0 Å². The third-order valence-electron chi connectivity index (χ3n) is 5.96. The van der Waals surface area contributed by atoms with Gasteiger partial charge in [-0.15, -0.1) is 0 Å². The summed E-state index contributed by atoms with van der Waals surface area (Å²) in [6.45, 7) is 1.57. The van der Waals surface area contributed by atoms with Crippen molar-refractivity contribution in [3.63, 3.8) is 0 Å². The summed E-state index contributed by atoms with van der Waals surface area (Å²) in [7, 11) is 1.48. The Kier molecular flexibility index (Phi) is 6.45. The number of aliphatic hydroxyl groups is 1. The van der Waals surface area contributed by atoms with Crippen molar-refractivity contribution >= 4 is 17.0 Å². The molecule has 5 rings (SSSR count). The zero-order valence-electron chi connectivity index (χ0n) is 20.0. The Hall–Kier alpha value is -4.15. The van der Waals surface area contributed by atoms with Gasteiger partial charge in [0.05, 0.1) is 42.0 Å². The van der Waals surface area contributed by atoms with Crippen LogP contribution >= 0.6 is 0 Å². The van der Waals surface area contributed by atoms with Crippen molar-refractivity contribution in [3.8, 4) is 22.6 Å². The molecule has 0 atom stereocenters. The van der Waals surface area contributed by atoms with Gasteiger partial charge in [0.15, 0.2) is 17.3 Å². The Labute approximate surface area is 210 Å². The van der Waals surface area contributed by atoms with Gasteiger partial charge in [0.2, 0.25) is 0 Å². The molecule has 10 heteroatoms. The summed E-state index contributed by atoms with van der Waals surface area (Å²) in [5.74, 6) is 1.06. The number of pyridine rings is 1. The number of ether oxygens (including phenoxy) is 1. The minimum absolute atomic E-state index is 0.0222. The molecule has 0 aliphatic rings. The zero-order chi connectivity index (χ0) is 26.2. The van der Waals surface area contributed by atoms with E-state index in [1.54, 1.807) is 54.0 Å². The Bertz CT molecular complexity index is 1570. The number of rotatable bonds is 7. The average Bonchev–Trinajstić information content (AvgIpc) is 3.48. The third kappa shape index (κ3) is 4.68. The van der Waals surface area contributed by atoms with E-state index in [1.807, 2.05) is 6.07 Å². The van der Waals surface area contributed by atoms with Crippen molar-refractivity contribution in [1.29, 1.82) is 0 Å². The lowest BCUT2D eigenvalue weighted by Gasteiger charge is -2.12.